The van der Waals surface area contributed by atoms with Crippen molar-refractivity contribution < 1.29 is 18.0 Å². The summed E-state index contributed by atoms with van der Waals surface area (Å²) < 4.78 is 38.3. The van der Waals surface area contributed by atoms with Gasteiger partial charge >= 0.3 is 6.18 Å². The summed E-state index contributed by atoms with van der Waals surface area (Å²) in [6.45, 7) is 1.92. The first-order valence-corrected chi connectivity index (χ1v) is 7.99. The summed E-state index contributed by atoms with van der Waals surface area (Å²) >= 11 is 1.36. The fraction of sp³-hybridized carbons (Fsp3) is 0.333. The number of carbonyl (C=O) groups is 1. The van der Waals surface area contributed by atoms with Gasteiger partial charge in [-0.3, -0.25) is 4.79 Å². The molecular weight excluding hydrogens is 327 g/mol. The molecule has 0 unspecified atom stereocenters. The number of piperazine rings is 1. The molecule has 1 aliphatic heterocycles. The number of thiazole rings is 1. The first-order valence-electron chi connectivity index (χ1n) is 7.05. The molecule has 2 heterocycles. The third kappa shape index (κ3) is 3.47. The van der Waals surface area contributed by atoms with Crippen molar-refractivity contribution in [1.82, 2.24) is 9.88 Å². The second kappa shape index (κ2) is 6.19. The lowest BCUT2D eigenvalue weighted by atomic mass is 10.1. The Morgan fingerprint density at radius 3 is 2.52 bits per heavy atom. The van der Waals surface area contributed by atoms with Crippen LogP contribution in [0.25, 0.3) is 0 Å². The normalized spacial score (nSPS) is 15.8. The minimum atomic E-state index is -4.35. The monoisotopic (exact) mass is 341 g/mol. The van der Waals surface area contributed by atoms with E-state index in [0.717, 1.165) is 12.1 Å². The van der Waals surface area contributed by atoms with E-state index in [9.17, 15) is 18.0 Å². The lowest BCUT2D eigenvalue weighted by molar-refractivity contribution is -0.137. The first-order chi connectivity index (χ1) is 10.9. The van der Waals surface area contributed by atoms with Crippen molar-refractivity contribution >= 4 is 22.9 Å². The fourth-order valence-corrected chi connectivity index (χ4v) is 3.05. The summed E-state index contributed by atoms with van der Waals surface area (Å²) in [7, 11) is 0. The molecule has 0 radical (unpaired) electrons. The molecule has 1 fully saturated rings. The molecule has 1 aromatic carbocycles. The van der Waals surface area contributed by atoms with E-state index in [1.165, 1.54) is 17.4 Å². The van der Waals surface area contributed by atoms with Crippen LogP contribution in [0.4, 0.5) is 18.9 Å². The van der Waals surface area contributed by atoms with E-state index >= 15 is 0 Å². The fourth-order valence-electron chi connectivity index (χ4n) is 2.53. The molecule has 1 aromatic heterocycles. The molecule has 0 N–H and O–H groups in total. The highest BCUT2D eigenvalue weighted by Crippen LogP contribution is 2.31. The number of alkyl halides is 3. The molecule has 8 heteroatoms. The van der Waals surface area contributed by atoms with E-state index in [2.05, 4.69) is 4.98 Å². The number of anilines is 1. The van der Waals surface area contributed by atoms with Crippen molar-refractivity contribution in [3.8, 4) is 0 Å². The van der Waals surface area contributed by atoms with Crippen LogP contribution in [0.2, 0.25) is 0 Å². The number of carbonyl (C=O) groups excluding carboxylic acids is 1. The minimum Gasteiger partial charge on any atom is -0.368 e. The van der Waals surface area contributed by atoms with Crippen molar-refractivity contribution in [3.05, 3.63) is 46.4 Å². The molecule has 3 rings (SSSR count). The molecule has 2 aromatic rings. The summed E-state index contributed by atoms with van der Waals surface area (Å²) in [5.74, 6) is -0.130. The average Bonchev–Trinajstić information content (AvgIpc) is 3.08. The van der Waals surface area contributed by atoms with Gasteiger partial charge in [0.25, 0.3) is 5.91 Å². The smallest absolute Gasteiger partial charge is 0.368 e. The second-order valence-corrected chi connectivity index (χ2v) is 5.92. The van der Waals surface area contributed by atoms with Crippen LogP contribution >= 0.6 is 11.3 Å². The Hall–Kier alpha value is -2.09. The summed E-state index contributed by atoms with van der Waals surface area (Å²) in [6.07, 6.45) is -4.35. The SMILES string of the molecule is O=C(c1cscn1)N1CCN(c2cccc(C(F)(F)F)c2)CC1. The zero-order chi connectivity index (χ0) is 16.4. The summed E-state index contributed by atoms with van der Waals surface area (Å²) in [6, 6.07) is 5.28. The molecule has 1 aliphatic rings. The van der Waals surface area contributed by atoms with Crippen molar-refractivity contribution in [2.75, 3.05) is 31.1 Å². The van der Waals surface area contributed by atoms with E-state index in [-0.39, 0.29) is 5.91 Å². The molecule has 0 spiro atoms. The summed E-state index contributed by atoms with van der Waals surface area (Å²) in [4.78, 5) is 19.7. The Morgan fingerprint density at radius 1 is 1.17 bits per heavy atom. The van der Waals surface area contributed by atoms with Crippen LogP contribution in [0.15, 0.2) is 35.2 Å². The van der Waals surface area contributed by atoms with Gasteiger partial charge in [0.2, 0.25) is 0 Å². The maximum absolute atomic E-state index is 12.8. The van der Waals surface area contributed by atoms with Gasteiger partial charge in [-0.05, 0) is 18.2 Å². The number of hydrogen-bond acceptors (Lipinski definition) is 4. The number of hydrogen-bond donors (Lipinski definition) is 0. The van der Waals surface area contributed by atoms with Crippen molar-refractivity contribution in [3.63, 3.8) is 0 Å². The molecule has 122 valence electrons. The Labute approximate surface area is 135 Å². The van der Waals surface area contributed by atoms with Gasteiger partial charge in [0, 0.05) is 37.2 Å². The van der Waals surface area contributed by atoms with E-state index in [1.54, 1.807) is 21.9 Å². The quantitative estimate of drug-likeness (QED) is 0.842. The number of rotatable bonds is 2. The Bertz CT molecular complexity index is 680. The van der Waals surface area contributed by atoms with Crippen LogP contribution in [-0.2, 0) is 6.18 Å². The number of aromatic nitrogens is 1. The van der Waals surface area contributed by atoms with Gasteiger partial charge in [0.05, 0.1) is 11.1 Å². The molecule has 1 amide bonds. The maximum atomic E-state index is 12.8. The van der Waals surface area contributed by atoms with Gasteiger partial charge in [0.1, 0.15) is 5.69 Å². The van der Waals surface area contributed by atoms with Crippen LogP contribution in [0.3, 0.4) is 0 Å². The summed E-state index contributed by atoms with van der Waals surface area (Å²) in [5.41, 5.74) is 1.89. The molecule has 1 saturated heterocycles. The maximum Gasteiger partial charge on any atom is 0.416 e. The first kappa shape index (κ1) is 15.8. The van der Waals surface area contributed by atoms with E-state index in [0.29, 0.717) is 37.6 Å². The summed E-state index contributed by atoms with van der Waals surface area (Å²) in [5, 5.41) is 1.70. The highest BCUT2D eigenvalue weighted by Gasteiger charge is 2.31. The predicted molar refractivity (Wildman–Crippen MR) is 81.7 cm³/mol. The van der Waals surface area contributed by atoms with Gasteiger partial charge in [0.15, 0.2) is 0 Å². The molecular formula is C15H14F3N3OS. The third-order valence-electron chi connectivity index (χ3n) is 3.76. The lowest BCUT2D eigenvalue weighted by Gasteiger charge is -2.36. The van der Waals surface area contributed by atoms with Crippen LogP contribution in [0.5, 0.6) is 0 Å². The van der Waals surface area contributed by atoms with Crippen molar-refractivity contribution in [1.29, 1.82) is 0 Å². The molecule has 0 saturated carbocycles. The lowest BCUT2D eigenvalue weighted by Crippen LogP contribution is -2.48. The number of amides is 1. The van der Waals surface area contributed by atoms with Crippen molar-refractivity contribution in [2.45, 2.75) is 6.18 Å². The molecule has 0 atom stereocenters. The largest absolute Gasteiger partial charge is 0.416 e. The number of halogens is 3. The Morgan fingerprint density at radius 2 is 1.91 bits per heavy atom. The van der Waals surface area contributed by atoms with Crippen molar-refractivity contribution in [2.24, 2.45) is 0 Å². The third-order valence-corrected chi connectivity index (χ3v) is 4.34. The molecule has 0 aliphatic carbocycles. The standard InChI is InChI=1S/C15H14F3N3OS/c16-15(17,18)11-2-1-3-12(8-11)20-4-6-21(7-5-20)14(22)13-9-23-10-19-13/h1-3,8-10H,4-7H2. The topological polar surface area (TPSA) is 36.4 Å². The van der Waals surface area contributed by atoms with E-state index in [1.807, 2.05) is 4.90 Å². The van der Waals surface area contributed by atoms with Crippen LogP contribution in [-0.4, -0.2) is 42.0 Å². The number of benzene rings is 1. The highest BCUT2D eigenvalue weighted by molar-refractivity contribution is 7.07. The average molecular weight is 341 g/mol. The van der Waals surface area contributed by atoms with Gasteiger partial charge < -0.3 is 9.80 Å². The molecule has 23 heavy (non-hydrogen) atoms. The van der Waals surface area contributed by atoms with Gasteiger partial charge in [-0.1, -0.05) is 6.07 Å². The zero-order valence-electron chi connectivity index (χ0n) is 12.1. The number of nitrogens with zero attached hydrogens (tertiary/aromatic N) is 3. The second-order valence-electron chi connectivity index (χ2n) is 5.20. The highest BCUT2D eigenvalue weighted by atomic mass is 32.1. The van der Waals surface area contributed by atoms with E-state index in [4.69, 9.17) is 0 Å². The van der Waals surface area contributed by atoms with Gasteiger partial charge in [-0.15, -0.1) is 11.3 Å². The predicted octanol–water partition coefficient (Wildman–Crippen LogP) is 3.12. The minimum absolute atomic E-state index is 0.130. The molecule has 0 bridgehead atoms. The Kier molecular flexibility index (Phi) is 4.25. The van der Waals surface area contributed by atoms with Gasteiger partial charge in [-0.2, -0.15) is 13.2 Å². The van der Waals surface area contributed by atoms with E-state index < -0.39 is 11.7 Å². The zero-order valence-corrected chi connectivity index (χ0v) is 12.9. The molecule has 4 nitrogen and oxygen atoms in total. The van der Waals surface area contributed by atoms with Crippen LogP contribution in [0, 0.1) is 0 Å². The Balaban J connectivity index is 1.66. The van der Waals surface area contributed by atoms with Crippen LogP contribution in [0.1, 0.15) is 16.1 Å². The van der Waals surface area contributed by atoms with Crippen LogP contribution < -0.4 is 4.90 Å². The van der Waals surface area contributed by atoms with Gasteiger partial charge in [-0.25, -0.2) is 4.98 Å².